The fraction of sp³-hybridized carbons (Fsp3) is 0.400. The van der Waals surface area contributed by atoms with Gasteiger partial charge in [-0.3, -0.25) is 0 Å². The molecule has 0 spiro atoms. The Bertz CT molecular complexity index is 366. The standard InChI is InChI=1S/C10H10ClF3O2/c1-16-7-4-2-3-6(9(7)12)5-8(15)10(11,13)14/h2-4,8,15H,5H2,1H3. The second-order valence-electron chi connectivity index (χ2n) is 3.19. The van der Waals surface area contributed by atoms with E-state index in [4.69, 9.17) is 5.11 Å². The van der Waals surface area contributed by atoms with Crippen molar-refractivity contribution in [3.05, 3.63) is 29.6 Å². The summed E-state index contributed by atoms with van der Waals surface area (Å²) in [6, 6.07) is 4.07. The molecule has 0 aliphatic rings. The van der Waals surface area contributed by atoms with E-state index in [1.165, 1.54) is 25.3 Å². The first-order chi connectivity index (χ1) is 7.36. The quantitative estimate of drug-likeness (QED) is 0.837. The maximum Gasteiger partial charge on any atom is 0.347 e. The molecule has 0 saturated carbocycles. The van der Waals surface area contributed by atoms with Crippen LogP contribution in [-0.2, 0) is 6.42 Å². The van der Waals surface area contributed by atoms with Crippen molar-refractivity contribution in [2.45, 2.75) is 17.9 Å². The number of ether oxygens (including phenoxy) is 1. The lowest BCUT2D eigenvalue weighted by molar-refractivity contribution is -0.0401. The third-order valence-electron chi connectivity index (χ3n) is 2.05. The van der Waals surface area contributed by atoms with E-state index in [0.717, 1.165) is 0 Å². The molecule has 0 amide bonds. The van der Waals surface area contributed by atoms with Crippen LogP contribution in [0.4, 0.5) is 13.2 Å². The molecule has 6 heteroatoms. The minimum absolute atomic E-state index is 0.0670. The molecule has 2 nitrogen and oxygen atoms in total. The Labute approximate surface area is 95.6 Å². The van der Waals surface area contributed by atoms with E-state index < -0.39 is 23.7 Å². The maximum atomic E-state index is 13.5. The van der Waals surface area contributed by atoms with E-state index in [1.807, 2.05) is 0 Å². The van der Waals surface area contributed by atoms with E-state index in [0.29, 0.717) is 0 Å². The van der Waals surface area contributed by atoms with Gasteiger partial charge < -0.3 is 9.84 Å². The Morgan fingerprint density at radius 3 is 2.62 bits per heavy atom. The van der Waals surface area contributed by atoms with Gasteiger partial charge in [-0.15, -0.1) is 0 Å². The summed E-state index contributed by atoms with van der Waals surface area (Å²) in [4.78, 5) is 0. The molecule has 0 aliphatic carbocycles. The van der Waals surface area contributed by atoms with Gasteiger partial charge in [0.05, 0.1) is 7.11 Å². The smallest absolute Gasteiger partial charge is 0.347 e. The van der Waals surface area contributed by atoms with Crippen LogP contribution in [0.15, 0.2) is 18.2 Å². The minimum Gasteiger partial charge on any atom is -0.494 e. The summed E-state index contributed by atoms with van der Waals surface area (Å²) < 4.78 is 43.1. The first kappa shape index (κ1) is 13.1. The molecule has 0 saturated heterocycles. The van der Waals surface area contributed by atoms with Crippen molar-refractivity contribution in [3.63, 3.8) is 0 Å². The van der Waals surface area contributed by atoms with Crippen molar-refractivity contribution in [1.82, 2.24) is 0 Å². The lowest BCUT2D eigenvalue weighted by atomic mass is 10.1. The largest absolute Gasteiger partial charge is 0.494 e. The van der Waals surface area contributed by atoms with Crippen LogP contribution in [0.25, 0.3) is 0 Å². The van der Waals surface area contributed by atoms with Gasteiger partial charge in [-0.05, 0) is 23.2 Å². The topological polar surface area (TPSA) is 29.5 Å². The SMILES string of the molecule is COc1cccc(CC(O)C(F)(F)Cl)c1F. The molecular formula is C10H10ClF3O2. The predicted molar refractivity (Wildman–Crippen MR) is 53.5 cm³/mol. The van der Waals surface area contributed by atoms with Crippen LogP contribution < -0.4 is 4.74 Å². The molecule has 0 aromatic heterocycles. The van der Waals surface area contributed by atoms with Crippen LogP contribution in [0, 0.1) is 5.82 Å². The van der Waals surface area contributed by atoms with E-state index in [9.17, 15) is 13.2 Å². The van der Waals surface area contributed by atoms with Crippen molar-refractivity contribution < 1.29 is 23.0 Å². The minimum atomic E-state index is -3.78. The Morgan fingerprint density at radius 1 is 1.50 bits per heavy atom. The molecular weight excluding hydrogens is 245 g/mol. The number of benzene rings is 1. The molecule has 90 valence electrons. The molecule has 1 aromatic carbocycles. The van der Waals surface area contributed by atoms with Crippen molar-refractivity contribution in [1.29, 1.82) is 0 Å². The van der Waals surface area contributed by atoms with Gasteiger partial charge >= 0.3 is 5.38 Å². The van der Waals surface area contributed by atoms with Crippen molar-refractivity contribution in [2.24, 2.45) is 0 Å². The average molecular weight is 255 g/mol. The zero-order chi connectivity index (χ0) is 12.3. The third kappa shape index (κ3) is 3.02. The van der Waals surface area contributed by atoms with E-state index in [1.54, 1.807) is 0 Å². The van der Waals surface area contributed by atoms with Crippen LogP contribution in [0.1, 0.15) is 5.56 Å². The molecule has 0 radical (unpaired) electrons. The molecule has 0 bridgehead atoms. The van der Waals surface area contributed by atoms with Gasteiger partial charge in [0.1, 0.15) is 6.10 Å². The number of aliphatic hydroxyl groups is 1. The molecule has 0 aliphatic heterocycles. The van der Waals surface area contributed by atoms with E-state index >= 15 is 0 Å². The second kappa shape index (κ2) is 4.93. The Hall–Kier alpha value is -0.940. The zero-order valence-corrected chi connectivity index (χ0v) is 9.14. The second-order valence-corrected chi connectivity index (χ2v) is 3.70. The van der Waals surface area contributed by atoms with Crippen molar-refractivity contribution in [2.75, 3.05) is 7.11 Å². The molecule has 0 fully saturated rings. The lowest BCUT2D eigenvalue weighted by Gasteiger charge is -2.16. The van der Waals surface area contributed by atoms with Gasteiger partial charge in [-0.1, -0.05) is 12.1 Å². The van der Waals surface area contributed by atoms with E-state index in [2.05, 4.69) is 16.3 Å². The van der Waals surface area contributed by atoms with Gasteiger partial charge in [-0.2, -0.15) is 8.78 Å². The third-order valence-corrected chi connectivity index (χ3v) is 2.31. The van der Waals surface area contributed by atoms with Crippen LogP contribution in [0.3, 0.4) is 0 Å². The van der Waals surface area contributed by atoms with Gasteiger partial charge in [0.25, 0.3) is 0 Å². The number of halogens is 4. The molecule has 1 N–H and O–H groups in total. The highest BCUT2D eigenvalue weighted by molar-refractivity contribution is 6.22. The molecule has 1 rings (SSSR count). The molecule has 16 heavy (non-hydrogen) atoms. The Kier molecular flexibility index (Phi) is 4.04. The van der Waals surface area contributed by atoms with Crippen molar-refractivity contribution >= 4 is 11.6 Å². The predicted octanol–water partition coefficient (Wildman–Crippen LogP) is 2.57. The average Bonchev–Trinajstić information content (AvgIpc) is 2.19. The van der Waals surface area contributed by atoms with Crippen LogP contribution in [0.5, 0.6) is 5.75 Å². The highest BCUT2D eigenvalue weighted by Gasteiger charge is 2.36. The highest BCUT2D eigenvalue weighted by atomic mass is 35.5. The summed E-state index contributed by atoms with van der Waals surface area (Å²) in [5.74, 6) is -0.840. The number of hydrogen-bond acceptors (Lipinski definition) is 2. The molecule has 1 aromatic rings. The summed E-state index contributed by atoms with van der Waals surface area (Å²) in [5.41, 5.74) is -0.0767. The molecule has 1 atom stereocenters. The van der Waals surface area contributed by atoms with Crippen LogP contribution in [-0.4, -0.2) is 23.7 Å². The summed E-state index contributed by atoms with van der Waals surface area (Å²) >= 11 is 4.62. The first-order valence-corrected chi connectivity index (χ1v) is 4.80. The summed E-state index contributed by atoms with van der Waals surface area (Å²) in [7, 11) is 1.26. The number of methoxy groups -OCH3 is 1. The summed E-state index contributed by atoms with van der Waals surface area (Å²) in [6.07, 6.45) is -2.73. The van der Waals surface area contributed by atoms with Crippen LogP contribution >= 0.6 is 11.6 Å². The molecule has 1 unspecified atom stereocenters. The van der Waals surface area contributed by atoms with Crippen molar-refractivity contribution in [3.8, 4) is 5.75 Å². The zero-order valence-electron chi connectivity index (χ0n) is 8.38. The Morgan fingerprint density at radius 2 is 2.12 bits per heavy atom. The number of aliphatic hydroxyl groups excluding tert-OH is 1. The lowest BCUT2D eigenvalue weighted by Crippen LogP contribution is -2.29. The van der Waals surface area contributed by atoms with Gasteiger partial charge in [-0.25, -0.2) is 4.39 Å². The highest BCUT2D eigenvalue weighted by Crippen LogP contribution is 2.28. The maximum absolute atomic E-state index is 13.5. The number of rotatable bonds is 4. The first-order valence-electron chi connectivity index (χ1n) is 4.42. The summed E-state index contributed by atoms with van der Waals surface area (Å²) in [5, 5.41) is 5.26. The molecule has 0 heterocycles. The fourth-order valence-corrected chi connectivity index (χ4v) is 1.27. The van der Waals surface area contributed by atoms with Gasteiger partial charge in [0.15, 0.2) is 11.6 Å². The van der Waals surface area contributed by atoms with Gasteiger partial charge in [0.2, 0.25) is 0 Å². The van der Waals surface area contributed by atoms with Crippen LogP contribution in [0.2, 0.25) is 0 Å². The monoisotopic (exact) mass is 254 g/mol. The number of alkyl halides is 3. The normalized spacial score (nSPS) is 13.6. The number of hydrogen-bond donors (Lipinski definition) is 1. The fourth-order valence-electron chi connectivity index (χ4n) is 1.20. The summed E-state index contributed by atoms with van der Waals surface area (Å²) in [6.45, 7) is 0. The van der Waals surface area contributed by atoms with E-state index in [-0.39, 0.29) is 11.3 Å². The Balaban J connectivity index is 2.90. The van der Waals surface area contributed by atoms with Gasteiger partial charge in [0, 0.05) is 6.42 Å².